The average Bonchev–Trinajstić information content (AvgIpc) is 2.63. The predicted octanol–water partition coefficient (Wildman–Crippen LogP) is 1.48. The zero-order valence-corrected chi connectivity index (χ0v) is 10.8. The van der Waals surface area contributed by atoms with Gasteiger partial charge in [-0.2, -0.15) is 4.98 Å². The minimum absolute atomic E-state index is 0.0993. The number of nitrogen functional groups attached to an aromatic ring is 1. The van der Waals surface area contributed by atoms with Crippen molar-refractivity contribution in [2.24, 2.45) is 5.92 Å². The van der Waals surface area contributed by atoms with Gasteiger partial charge in [0.15, 0.2) is 0 Å². The van der Waals surface area contributed by atoms with Crippen LogP contribution in [0.15, 0.2) is 0 Å². The molecule has 0 aromatic carbocycles. The Hall–Kier alpha value is -1.59. The molecule has 1 aliphatic rings. The van der Waals surface area contributed by atoms with Crippen molar-refractivity contribution < 1.29 is 4.79 Å². The fraction of sp³-hybridized carbons (Fsp3) is 0.750. The van der Waals surface area contributed by atoms with Gasteiger partial charge in [0.25, 0.3) is 5.91 Å². The molecule has 1 fully saturated rings. The van der Waals surface area contributed by atoms with Gasteiger partial charge in [-0.15, -0.1) is 5.10 Å². The summed E-state index contributed by atoms with van der Waals surface area (Å²) < 4.78 is 0. The van der Waals surface area contributed by atoms with E-state index in [2.05, 4.69) is 27.4 Å². The number of aromatic amines is 1. The van der Waals surface area contributed by atoms with Crippen LogP contribution in [-0.4, -0.2) is 27.1 Å². The number of carbonyl (C=O) groups excluding carboxylic acids is 1. The Kier molecular flexibility index (Phi) is 4.17. The summed E-state index contributed by atoms with van der Waals surface area (Å²) in [5, 5.41) is 9.16. The molecule has 1 heterocycles. The molecule has 1 aromatic rings. The number of hydrogen-bond donors (Lipinski definition) is 3. The summed E-state index contributed by atoms with van der Waals surface area (Å²) >= 11 is 0. The molecule has 100 valence electrons. The molecule has 4 N–H and O–H groups in total. The highest BCUT2D eigenvalue weighted by atomic mass is 16.2. The summed E-state index contributed by atoms with van der Waals surface area (Å²) in [6.45, 7) is 2.06. The third-order valence-corrected chi connectivity index (χ3v) is 3.68. The SMILES string of the molecule is C[C@@H](NC(=O)c1nc(N)n[nH]1)C1CCCCCC1. The second kappa shape index (κ2) is 5.84. The Morgan fingerprint density at radius 2 is 2.06 bits per heavy atom. The van der Waals surface area contributed by atoms with Crippen LogP contribution in [0.3, 0.4) is 0 Å². The largest absolute Gasteiger partial charge is 0.366 e. The molecule has 0 aliphatic heterocycles. The number of H-pyrrole nitrogens is 1. The first-order valence-corrected chi connectivity index (χ1v) is 6.65. The highest BCUT2D eigenvalue weighted by molar-refractivity contribution is 5.90. The predicted molar refractivity (Wildman–Crippen MR) is 68.9 cm³/mol. The Balaban J connectivity index is 1.89. The molecule has 1 aliphatic carbocycles. The van der Waals surface area contributed by atoms with Crippen LogP contribution >= 0.6 is 0 Å². The maximum atomic E-state index is 11.9. The van der Waals surface area contributed by atoms with E-state index in [9.17, 15) is 4.79 Å². The van der Waals surface area contributed by atoms with Gasteiger partial charge in [0, 0.05) is 6.04 Å². The summed E-state index contributed by atoms with van der Waals surface area (Å²) in [5.41, 5.74) is 5.38. The highest BCUT2D eigenvalue weighted by Gasteiger charge is 2.22. The van der Waals surface area contributed by atoms with Gasteiger partial charge in [-0.1, -0.05) is 25.7 Å². The number of nitrogens with one attached hydrogen (secondary N) is 2. The van der Waals surface area contributed by atoms with Crippen molar-refractivity contribution in [3.05, 3.63) is 5.82 Å². The molecule has 0 unspecified atom stereocenters. The Morgan fingerprint density at radius 1 is 1.39 bits per heavy atom. The van der Waals surface area contributed by atoms with E-state index in [4.69, 9.17) is 5.73 Å². The van der Waals surface area contributed by atoms with Gasteiger partial charge in [0.2, 0.25) is 11.8 Å². The minimum Gasteiger partial charge on any atom is -0.366 e. The van der Waals surface area contributed by atoms with Crippen molar-refractivity contribution in [1.29, 1.82) is 0 Å². The molecule has 6 nitrogen and oxygen atoms in total. The third kappa shape index (κ3) is 3.21. The standard InChI is InChI=1S/C12H21N5O/c1-8(9-6-4-2-3-5-7-9)14-11(18)10-15-12(13)17-16-10/h8-9H,2-7H2,1H3,(H,14,18)(H3,13,15,16,17)/t8-/m1/s1. The fourth-order valence-corrected chi connectivity index (χ4v) is 2.58. The number of carbonyl (C=O) groups is 1. The van der Waals surface area contributed by atoms with E-state index in [0.29, 0.717) is 5.92 Å². The molecule has 1 amide bonds. The van der Waals surface area contributed by atoms with Crippen molar-refractivity contribution in [2.45, 2.75) is 51.5 Å². The molecular weight excluding hydrogens is 230 g/mol. The smallest absolute Gasteiger partial charge is 0.288 e. The second-order valence-electron chi connectivity index (χ2n) is 5.06. The first-order chi connectivity index (χ1) is 8.66. The van der Waals surface area contributed by atoms with E-state index in [-0.39, 0.29) is 23.7 Å². The molecule has 0 bridgehead atoms. The molecule has 2 rings (SSSR count). The Morgan fingerprint density at radius 3 is 2.61 bits per heavy atom. The van der Waals surface area contributed by atoms with Gasteiger partial charge < -0.3 is 11.1 Å². The summed E-state index contributed by atoms with van der Waals surface area (Å²) in [6, 6.07) is 0.168. The maximum Gasteiger partial charge on any atom is 0.288 e. The van der Waals surface area contributed by atoms with E-state index in [1.54, 1.807) is 0 Å². The Bertz CT molecular complexity index is 395. The second-order valence-corrected chi connectivity index (χ2v) is 5.06. The number of nitrogens with zero attached hydrogens (tertiary/aromatic N) is 2. The monoisotopic (exact) mass is 251 g/mol. The number of rotatable bonds is 3. The summed E-state index contributed by atoms with van der Waals surface area (Å²) in [4.78, 5) is 15.7. The lowest BCUT2D eigenvalue weighted by molar-refractivity contribution is 0.0913. The lowest BCUT2D eigenvalue weighted by Crippen LogP contribution is -2.38. The normalized spacial score (nSPS) is 19.2. The number of amides is 1. The van der Waals surface area contributed by atoms with Crippen molar-refractivity contribution in [1.82, 2.24) is 20.5 Å². The van der Waals surface area contributed by atoms with Crippen LogP contribution < -0.4 is 11.1 Å². The summed E-state index contributed by atoms with van der Waals surface area (Å²) in [6.07, 6.45) is 7.55. The van der Waals surface area contributed by atoms with Crippen LogP contribution in [0.2, 0.25) is 0 Å². The quantitative estimate of drug-likeness (QED) is 0.709. The van der Waals surface area contributed by atoms with Crippen molar-refractivity contribution >= 4 is 11.9 Å². The Labute approximate surface area is 107 Å². The van der Waals surface area contributed by atoms with E-state index in [1.807, 2.05) is 0 Å². The van der Waals surface area contributed by atoms with Crippen LogP contribution in [-0.2, 0) is 0 Å². The summed E-state index contributed by atoms with van der Waals surface area (Å²) in [5.74, 6) is 0.628. The van der Waals surface area contributed by atoms with Crippen LogP contribution in [0, 0.1) is 5.92 Å². The summed E-state index contributed by atoms with van der Waals surface area (Å²) in [7, 11) is 0. The molecular formula is C12H21N5O. The number of hydrogen-bond acceptors (Lipinski definition) is 4. The highest BCUT2D eigenvalue weighted by Crippen LogP contribution is 2.25. The lowest BCUT2D eigenvalue weighted by atomic mass is 9.93. The number of anilines is 1. The van der Waals surface area contributed by atoms with E-state index in [0.717, 1.165) is 0 Å². The van der Waals surface area contributed by atoms with Crippen LogP contribution in [0.4, 0.5) is 5.95 Å². The molecule has 1 aromatic heterocycles. The maximum absolute atomic E-state index is 11.9. The van der Waals surface area contributed by atoms with Crippen LogP contribution in [0.1, 0.15) is 56.1 Å². The van der Waals surface area contributed by atoms with E-state index in [1.165, 1.54) is 38.5 Å². The van der Waals surface area contributed by atoms with Gasteiger partial charge in [0.1, 0.15) is 0 Å². The number of aromatic nitrogens is 3. The van der Waals surface area contributed by atoms with Crippen LogP contribution in [0.5, 0.6) is 0 Å². The molecule has 0 spiro atoms. The van der Waals surface area contributed by atoms with Gasteiger partial charge in [-0.3, -0.25) is 9.89 Å². The average molecular weight is 251 g/mol. The minimum atomic E-state index is -0.226. The molecule has 0 radical (unpaired) electrons. The van der Waals surface area contributed by atoms with E-state index < -0.39 is 0 Å². The van der Waals surface area contributed by atoms with Crippen molar-refractivity contribution in [3.8, 4) is 0 Å². The molecule has 0 saturated heterocycles. The lowest BCUT2D eigenvalue weighted by Gasteiger charge is -2.22. The molecule has 18 heavy (non-hydrogen) atoms. The van der Waals surface area contributed by atoms with Crippen molar-refractivity contribution in [3.63, 3.8) is 0 Å². The van der Waals surface area contributed by atoms with Gasteiger partial charge >= 0.3 is 0 Å². The number of nitrogens with two attached hydrogens (primary N) is 1. The fourth-order valence-electron chi connectivity index (χ4n) is 2.58. The zero-order chi connectivity index (χ0) is 13.0. The third-order valence-electron chi connectivity index (χ3n) is 3.68. The first kappa shape index (κ1) is 12.9. The van der Waals surface area contributed by atoms with E-state index >= 15 is 0 Å². The van der Waals surface area contributed by atoms with Crippen LogP contribution in [0.25, 0.3) is 0 Å². The van der Waals surface area contributed by atoms with Crippen molar-refractivity contribution in [2.75, 3.05) is 5.73 Å². The first-order valence-electron chi connectivity index (χ1n) is 6.65. The van der Waals surface area contributed by atoms with Gasteiger partial charge in [-0.25, -0.2) is 0 Å². The molecule has 1 atom stereocenters. The molecule has 1 saturated carbocycles. The zero-order valence-electron chi connectivity index (χ0n) is 10.8. The molecule has 6 heteroatoms. The van der Waals surface area contributed by atoms with Gasteiger partial charge in [0.05, 0.1) is 0 Å². The topological polar surface area (TPSA) is 96.7 Å². The van der Waals surface area contributed by atoms with Gasteiger partial charge in [-0.05, 0) is 25.7 Å².